The lowest BCUT2D eigenvalue weighted by molar-refractivity contribution is -0.136. The molecule has 1 unspecified atom stereocenters. The van der Waals surface area contributed by atoms with E-state index in [2.05, 4.69) is 11.1 Å². The third kappa shape index (κ3) is 4.57. The monoisotopic (exact) mass is 494 g/mol. The molecular formula is C26H34N6O4. The smallest absolute Gasteiger partial charge is 0.410 e. The number of benzene rings is 1. The van der Waals surface area contributed by atoms with Crippen LogP contribution in [0.2, 0.25) is 0 Å². The van der Waals surface area contributed by atoms with Gasteiger partial charge in [-0.3, -0.25) is 9.80 Å². The van der Waals surface area contributed by atoms with Crippen LogP contribution in [0.4, 0.5) is 9.59 Å². The van der Waals surface area contributed by atoms with E-state index in [9.17, 15) is 14.4 Å². The predicted octanol–water partition coefficient (Wildman–Crippen LogP) is 2.96. The fourth-order valence-corrected chi connectivity index (χ4v) is 5.31. The number of piperazine rings is 1. The minimum absolute atomic E-state index is 0.00367. The first-order chi connectivity index (χ1) is 17.1. The molecule has 0 radical (unpaired) electrons. The first-order valence-corrected chi connectivity index (χ1v) is 12.6. The standard InChI is InChI=1S/C26H34N6O4/c1-18-27-16-20-17-31(24(34)32(18)20)29-13-11-28(12-14-29)23(33)15-22-21-8-6-5-7-19(21)9-10-30(22)25(35)36-26(2,3)4/h5-8,16,22H,9-15,17H2,1-4H3. The van der Waals surface area contributed by atoms with Crippen molar-refractivity contribution in [3.05, 3.63) is 53.1 Å². The lowest BCUT2D eigenvalue weighted by atomic mass is 9.90. The first-order valence-electron chi connectivity index (χ1n) is 12.6. The quantitative estimate of drug-likeness (QED) is 0.652. The number of nitrogens with zero attached hydrogens (tertiary/aromatic N) is 6. The zero-order valence-corrected chi connectivity index (χ0v) is 21.4. The van der Waals surface area contributed by atoms with Gasteiger partial charge in [0.25, 0.3) is 0 Å². The number of carbonyl (C=O) groups is 3. The van der Waals surface area contributed by atoms with Gasteiger partial charge in [0, 0.05) is 32.7 Å². The van der Waals surface area contributed by atoms with Crippen molar-refractivity contribution >= 4 is 18.0 Å². The Morgan fingerprint density at radius 2 is 1.81 bits per heavy atom. The van der Waals surface area contributed by atoms with Crippen LogP contribution in [0.1, 0.15) is 55.9 Å². The van der Waals surface area contributed by atoms with Crippen molar-refractivity contribution in [1.29, 1.82) is 0 Å². The molecule has 1 fully saturated rings. The van der Waals surface area contributed by atoms with Gasteiger partial charge in [0.1, 0.15) is 11.4 Å². The number of ether oxygens (including phenoxy) is 1. The molecule has 5 rings (SSSR count). The molecule has 1 aromatic carbocycles. The van der Waals surface area contributed by atoms with Crippen LogP contribution < -0.4 is 0 Å². The van der Waals surface area contributed by atoms with E-state index in [4.69, 9.17) is 4.74 Å². The summed E-state index contributed by atoms with van der Waals surface area (Å²) in [4.78, 5) is 47.1. The van der Waals surface area contributed by atoms with Crippen LogP contribution in [-0.2, 0) is 22.5 Å². The normalized spacial score (nSPS) is 20.4. The molecule has 192 valence electrons. The van der Waals surface area contributed by atoms with Crippen LogP contribution in [0.25, 0.3) is 0 Å². The van der Waals surface area contributed by atoms with Gasteiger partial charge in [-0.25, -0.2) is 24.1 Å². The largest absolute Gasteiger partial charge is 0.444 e. The van der Waals surface area contributed by atoms with Crippen LogP contribution >= 0.6 is 0 Å². The maximum Gasteiger partial charge on any atom is 0.410 e. The lowest BCUT2D eigenvalue weighted by Crippen LogP contribution is -2.55. The topological polar surface area (TPSA) is 91.2 Å². The Hall–Kier alpha value is -3.40. The molecule has 10 heteroatoms. The highest BCUT2D eigenvalue weighted by molar-refractivity contribution is 5.81. The fourth-order valence-electron chi connectivity index (χ4n) is 5.31. The van der Waals surface area contributed by atoms with Crippen molar-refractivity contribution in [3.63, 3.8) is 0 Å². The van der Waals surface area contributed by atoms with Crippen molar-refractivity contribution in [2.24, 2.45) is 0 Å². The summed E-state index contributed by atoms with van der Waals surface area (Å²) in [5.41, 5.74) is 2.45. The predicted molar refractivity (Wildman–Crippen MR) is 132 cm³/mol. The van der Waals surface area contributed by atoms with E-state index in [1.54, 1.807) is 20.7 Å². The Kier molecular flexibility index (Phi) is 6.23. The number of carbonyl (C=O) groups excluding carboxylic acids is 3. The average Bonchev–Trinajstić information content (AvgIpc) is 3.37. The van der Waals surface area contributed by atoms with Gasteiger partial charge >= 0.3 is 12.1 Å². The summed E-state index contributed by atoms with van der Waals surface area (Å²) >= 11 is 0. The number of imidazole rings is 1. The van der Waals surface area contributed by atoms with E-state index in [0.717, 1.165) is 17.7 Å². The molecule has 2 aromatic rings. The molecule has 0 N–H and O–H groups in total. The van der Waals surface area contributed by atoms with Gasteiger partial charge in [-0.2, -0.15) is 0 Å². The van der Waals surface area contributed by atoms with Crippen molar-refractivity contribution in [1.82, 2.24) is 29.4 Å². The van der Waals surface area contributed by atoms with E-state index in [-0.39, 0.29) is 30.5 Å². The van der Waals surface area contributed by atoms with E-state index >= 15 is 0 Å². The Morgan fingerprint density at radius 1 is 1.08 bits per heavy atom. The molecule has 0 spiro atoms. The minimum Gasteiger partial charge on any atom is -0.444 e. The summed E-state index contributed by atoms with van der Waals surface area (Å²) < 4.78 is 7.31. The van der Waals surface area contributed by atoms with Gasteiger partial charge in [0.15, 0.2) is 0 Å². The maximum absolute atomic E-state index is 13.4. The van der Waals surface area contributed by atoms with Gasteiger partial charge in [-0.15, -0.1) is 0 Å². The second-order valence-electron chi connectivity index (χ2n) is 10.6. The molecular weight excluding hydrogens is 460 g/mol. The number of hydrogen-bond acceptors (Lipinski definition) is 6. The van der Waals surface area contributed by atoms with Gasteiger partial charge < -0.3 is 14.5 Å². The SMILES string of the molecule is Cc1ncc2n1C(=O)N(N1CCN(C(=O)CC3c4ccccc4CCN3C(=O)OC(C)(C)C)CC1)C2. The molecule has 3 aliphatic heterocycles. The second kappa shape index (κ2) is 9.24. The van der Waals surface area contributed by atoms with E-state index in [1.165, 1.54) is 5.56 Å². The molecule has 0 saturated carbocycles. The van der Waals surface area contributed by atoms with E-state index in [0.29, 0.717) is 45.1 Å². The molecule has 36 heavy (non-hydrogen) atoms. The van der Waals surface area contributed by atoms with Crippen LogP contribution in [0.5, 0.6) is 0 Å². The number of fused-ring (bicyclic) bond motifs is 2. The van der Waals surface area contributed by atoms with Crippen molar-refractivity contribution in [2.45, 2.75) is 58.7 Å². The summed E-state index contributed by atoms with van der Waals surface area (Å²) in [6.45, 7) is 10.6. The minimum atomic E-state index is -0.610. The van der Waals surface area contributed by atoms with E-state index < -0.39 is 5.60 Å². The van der Waals surface area contributed by atoms with Crippen molar-refractivity contribution in [2.75, 3.05) is 32.7 Å². The highest BCUT2D eigenvalue weighted by atomic mass is 16.6. The van der Waals surface area contributed by atoms with Crippen LogP contribution in [0, 0.1) is 6.92 Å². The molecule has 1 atom stereocenters. The van der Waals surface area contributed by atoms with Gasteiger partial charge in [0.05, 0.1) is 30.9 Å². The number of aromatic nitrogens is 2. The Labute approximate surface area is 211 Å². The molecule has 3 amide bonds. The molecule has 10 nitrogen and oxygen atoms in total. The van der Waals surface area contributed by atoms with Gasteiger partial charge in [-0.05, 0) is 45.2 Å². The number of amides is 3. The number of rotatable bonds is 3. The Balaban J connectivity index is 1.25. The fraction of sp³-hybridized carbons (Fsp3) is 0.538. The van der Waals surface area contributed by atoms with Crippen LogP contribution in [0.15, 0.2) is 30.5 Å². The molecule has 1 saturated heterocycles. The lowest BCUT2D eigenvalue weighted by Gasteiger charge is -2.41. The van der Waals surface area contributed by atoms with Crippen LogP contribution in [0.3, 0.4) is 0 Å². The summed E-state index contributed by atoms with van der Waals surface area (Å²) in [6.07, 6.45) is 2.29. The number of hydrogen-bond donors (Lipinski definition) is 0. The first kappa shape index (κ1) is 24.3. The average molecular weight is 495 g/mol. The maximum atomic E-state index is 13.4. The third-order valence-electron chi connectivity index (χ3n) is 7.09. The zero-order chi connectivity index (χ0) is 25.6. The summed E-state index contributed by atoms with van der Waals surface area (Å²) in [6, 6.07) is 7.57. The third-order valence-corrected chi connectivity index (χ3v) is 7.09. The molecule has 3 aliphatic rings. The Morgan fingerprint density at radius 3 is 2.50 bits per heavy atom. The molecule has 0 bridgehead atoms. The van der Waals surface area contributed by atoms with Crippen molar-refractivity contribution < 1.29 is 19.1 Å². The van der Waals surface area contributed by atoms with E-state index in [1.807, 2.05) is 55.8 Å². The summed E-state index contributed by atoms with van der Waals surface area (Å²) in [7, 11) is 0. The molecule has 4 heterocycles. The molecule has 0 aliphatic carbocycles. The van der Waals surface area contributed by atoms with Crippen molar-refractivity contribution in [3.8, 4) is 0 Å². The second-order valence-corrected chi connectivity index (χ2v) is 10.6. The summed E-state index contributed by atoms with van der Waals surface area (Å²) in [5.74, 6) is 0.692. The highest BCUT2D eigenvalue weighted by Crippen LogP contribution is 2.34. The number of hydrazine groups is 1. The van der Waals surface area contributed by atoms with Crippen LogP contribution in [-0.4, -0.2) is 85.7 Å². The van der Waals surface area contributed by atoms with Gasteiger partial charge in [-0.1, -0.05) is 24.3 Å². The highest BCUT2D eigenvalue weighted by Gasteiger charge is 2.38. The number of aryl methyl sites for hydroxylation is 1. The van der Waals surface area contributed by atoms with Gasteiger partial charge in [0.2, 0.25) is 5.91 Å². The Bertz CT molecular complexity index is 1180. The zero-order valence-electron chi connectivity index (χ0n) is 21.4. The summed E-state index contributed by atoms with van der Waals surface area (Å²) in [5, 5.41) is 3.76. The molecule has 1 aromatic heterocycles.